The van der Waals surface area contributed by atoms with Gasteiger partial charge in [-0.3, -0.25) is 25.2 Å². The van der Waals surface area contributed by atoms with Gasteiger partial charge in [-0.15, -0.1) is 0 Å². The quantitative estimate of drug-likeness (QED) is 0.0370. The third-order valence-corrected chi connectivity index (χ3v) is 6.62. The number of rotatable bonds is 17. The molecule has 0 aliphatic heterocycles. The zero-order chi connectivity index (χ0) is 35.1. The van der Waals surface area contributed by atoms with Crippen molar-refractivity contribution in [1.29, 1.82) is 0 Å². The molecule has 0 bridgehead atoms. The van der Waals surface area contributed by atoms with E-state index in [2.05, 4.69) is 86.8 Å². The fourth-order valence-corrected chi connectivity index (χ4v) is 3.85. The largest absolute Gasteiger partial charge is 0.444 e. The van der Waals surface area contributed by atoms with Gasteiger partial charge in [0.2, 0.25) is 5.96 Å². The number of unbranched alkanes of at least 4 members (excludes halogenated alkanes) is 1. The first-order chi connectivity index (χ1) is 21.5. The Morgan fingerprint density at radius 2 is 1.20 bits per heavy atom. The standard InChI is InChI=1S/C38H62N4O4/c1-28(2)18-14-20-30(5)22-16-24-32(7)34(43)41-36(39-26-12-13-27-40-37(45)46-38(9,10)11)42-35(44)33(8)25-17-23-31(6)21-15-19-29(3)4/h16-19,22-25,30-31H,12-15,20-21,26-27H2,1-11H3,(H,40,45)(H2,39,41,42,43,44)/b22-16+,23-17+,32-24+,33-25+/t30-,31-/m1/s1. The van der Waals surface area contributed by atoms with Crippen molar-refractivity contribution in [2.75, 3.05) is 13.1 Å². The molecule has 258 valence electrons. The highest BCUT2D eigenvalue weighted by atomic mass is 16.6. The molecule has 3 N–H and O–H groups in total. The highest BCUT2D eigenvalue weighted by Gasteiger charge is 2.15. The van der Waals surface area contributed by atoms with Crippen molar-refractivity contribution in [2.24, 2.45) is 16.8 Å². The molecule has 8 nitrogen and oxygen atoms in total. The number of carbonyl (C=O) groups excluding carboxylic acids is 3. The second kappa shape index (κ2) is 23.6. The van der Waals surface area contributed by atoms with Gasteiger partial charge in [-0.25, -0.2) is 4.79 Å². The monoisotopic (exact) mass is 638 g/mol. The number of hydrogen-bond acceptors (Lipinski definition) is 5. The number of guanidine groups is 1. The number of aliphatic imine (C=N–C) groups is 1. The predicted molar refractivity (Wildman–Crippen MR) is 194 cm³/mol. The maximum Gasteiger partial charge on any atom is 0.407 e. The summed E-state index contributed by atoms with van der Waals surface area (Å²) < 4.78 is 5.25. The summed E-state index contributed by atoms with van der Waals surface area (Å²) >= 11 is 0. The van der Waals surface area contributed by atoms with Crippen LogP contribution < -0.4 is 16.0 Å². The Labute approximate surface area is 279 Å². The van der Waals surface area contributed by atoms with Gasteiger partial charge in [0, 0.05) is 24.2 Å². The zero-order valence-electron chi connectivity index (χ0n) is 30.5. The summed E-state index contributed by atoms with van der Waals surface area (Å²) in [5.41, 5.74) is 3.06. The van der Waals surface area contributed by atoms with Crippen molar-refractivity contribution in [3.63, 3.8) is 0 Å². The Morgan fingerprint density at radius 3 is 1.61 bits per heavy atom. The topological polar surface area (TPSA) is 109 Å². The maximum atomic E-state index is 13.0. The third-order valence-electron chi connectivity index (χ3n) is 6.62. The second-order valence-corrected chi connectivity index (χ2v) is 13.4. The summed E-state index contributed by atoms with van der Waals surface area (Å²) in [5.74, 6) is 0.161. The minimum atomic E-state index is -0.558. The first-order valence-electron chi connectivity index (χ1n) is 16.6. The van der Waals surface area contributed by atoms with Crippen LogP contribution in [0.3, 0.4) is 0 Å². The van der Waals surface area contributed by atoms with E-state index in [0.29, 0.717) is 48.9 Å². The maximum absolute atomic E-state index is 13.0. The Morgan fingerprint density at radius 1 is 0.739 bits per heavy atom. The van der Waals surface area contributed by atoms with Crippen molar-refractivity contribution in [3.8, 4) is 0 Å². The molecule has 0 heterocycles. The Hall–Kier alpha value is -3.68. The van der Waals surface area contributed by atoms with E-state index in [1.54, 1.807) is 26.0 Å². The molecule has 0 aliphatic carbocycles. The summed E-state index contributed by atoms with van der Waals surface area (Å²) in [7, 11) is 0. The SMILES string of the molecule is CC(C)=CCC[C@@H](C)/C=C/C=C(\C)C(=O)NC(=NCCCCNC(=O)OC(C)(C)C)NC(=O)/C(C)=C/C=C/[C@H](C)CCC=C(C)C. The average molecular weight is 639 g/mol. The lowest BCUT2D eigenvalue weighted by Gasteiger charge is -2.19. The van der Waals surface area contributed by atoms with Crippen molar-refractivity contribution in [1.82, 2.24) is 16.0 Å². The Kier molecular flexibility index (Phi) is 21.7. The summed E-state index contributed by atoms with van der Waals surface area (Å²) in [6.07, 6.45) is 20.9. The number of alkyl carbamates (subject to hydrolysis) is 1. The molecule has 8 heteroatoms. The number of nitrogens with one attached hydrogen (secondary N) is 3. The number of amides is 3. The van der Waals surface area contributed by atoms with Crippen LogP contribution in [0.15, 0.2) is 75.9 Å². The molecule has 46 heavy (non-hydrogen) atoms. The molecule has 2 atom stereocenters. The van der Waals surface area contributed by atoms with Gasteiger partial charge in [-0.2, -0.15) is 0 Å². The van der Waals surface area contributed by atoms with E-state index < -0.39 is 11.7 Å². The summed E-state index contributed by atoms with van der Waals surface area (Å²) in [6.45, 7) is 22.4. The van der Waals surface area contributed by atoms with Gasteiger partial charge in [0.25, 0.3) is 11.8 Å². The predicted octanol–water partition coefficient (Wildman–Crippen LogP) is 8.65. The number of hydrogen-bond donors (Lipinski definition) is 3. The lowest BCUT2D eigenvalue weighted by atomic mass is 10.0. The molecule has 0 spiro atoms. The van der Waals surface area contributed by atoms with Gasteiger partial charge in [0.15, 0.2) is 0 Å². The number of ether oxygens (including phenoxy) is 1. The van der Waals surface area contributed by atoms with Crippen LogP contribution in [0.4, 0.5) is 4.79 Å². The first-order valence-corrected chi connectivity index (χ1v) is 16.6. The molecule has 0 aromatic rings. The van der Waals surface area contributed by atoms with Gasteiger partial charge in [-0.1, -0.05) is 73.6 Å². The van der Waals surface area contributed by atoms with Gasteiger partial charge in [0.05, 0.1) is 0 Å². The van der Waals surface area contributed by atoms with Crippen LogP contribution in [0.25, 0.3) is 0 Å². The van der Waals surface area contributed by atoms with Crippen LogP contribution in [0.2, 0.25) is 0 Å². The number of nitrogens with zero attached hydrogens (tertiary/aromatic N) is 1. The van der Waals surface area contributed by atoms with Crippen molar-refractivity contribution in [3.05, 3.63) is 70.9 Å². The smallest absolute Gasteiger partial charge is 0.407 e. The average Bonchev–Trinajstić information content (AvgIpc) is 2.93. The van der Waals surface area contributed by atoms with Crippen molar-refractivity contribution < 1.29 is 19.1 Å². The lowest BCUT2D eigenvalue weighted by molar-refractivity contribution is -0.116. The van der Waals surface area contributed by atoms with Gasteiger partial charge >= 0.3 is 6.09 Å². The zero-order valence-corrected chi connectivity index (χ0v) is 30.5. The van der Waals surface area contributed by atoms with Gasteiger partial charge in [0.1, 0.15) is 5.60 Å². The van der Waals surface area contributed by atoms with E-state index in [-0.39, 0.29) is 17.8 Å². The Balaban J connectivity index is 5.40. The van der Waals surface area contributed by atoms with Crippen LogP contribution >= 0.6 is 0 Å². The van der Waals surface area contributed by atoms with E-state index in [1.807, 2.05) is 32.9 Å². The van der Waals surface area contributed by atoms with Crippen molar-refractivity contribution >= 4 is 23.9 Å². The van der Waals surface area contributed by atoms with Crippen LogP contribution in [-0.2, 0) is 14.3 Å². The number of carbonyl (C=O) groups is 3. The molecular weight excluding hydrogens is 576 g/mol. The third kappa shape index (κ3) is 24.6. The molecule has 0 saturated carbocycles. The van der Waals surface area contributed by atoms with E-state index in [4.69, 9.17) is 4.74 Å². The van der Waals surface area contributed by atoms with E-state index in [1.165, 1.54) is 11.1 Å². The van der Waals surface area contributed by atoms with Crippen LogP contribution in [-0.4, -0.2) is 42.6 Å². The van der Waals surface area contributed by atoms with Gasteiger partial charge in [-0.05, 0) is 113 Å². The highest BCUT2D eigenvalue weighted by Crippen LogP contribution is 2.11. The van der Waals surface area contributed by atoms with Gasteiger partial charge < -0.3 is 10.1 Å². The Bertz CT molecular complexity index is 1100. The normalized spacial score (nSPS) is 13.5. The van der Waals surface area contributed by atoms with Crippen molar-refractivity contribution in [2.45, 2.75) is 120 Å². The highest BCUT2D eigenvalue weighted by molar-refractivity contribution is 6.12. The molecule has 0 fully saturated rings. The molecule has 0 rings (SSSR count). The summed E-state index contributed by atoms with van der Waals surface area (Å²) in [4.78, 5) is 42.3. The molecule has 0 aromatic carbocycles. The fraction of sp³-hybridized carbons (Fsp3) is 0.579. The second-order valence-electron chi connectivity index (χ2n) is 13.4. The van der Waals surface area contributed by atoms with Crippen LogP contribution in [0.1, 0.15) is 115 Å². The van der Waals surface area contributed by atoms with Crippen LogP contribution in [0, 0.1) is 11.8 Å². The summed E-state index contributed by atoms with van der Waals surface area (Å²) in [6, 6.07) is 0. The molecule has 0 aromatic heterocycles. The van der Waals surface area contributed by atoms with Crippen LogP contribution in [0.5, 0.6) is 0 Å². The number of allylic oxidation sites excluding steroid dienone is 10. The molecule has 0 aliphatic rings. The minimum absolute atomic E-state index is 0.0914. The van der Waals surface area contributed by atoms with E-state index in [0.717, 1.165) is 25.7 Å². The van der Waals surface area contributed by atoms with E-state index >= 15 is 0 Å². The summed E-state index contributed by atoms with van der Waals surface area (Å²) in [5, 5.41) is 8.24. The lowest BCUT2D eigenvalue weighted by Crippen LogP contribution is -2.44. The first kappa shape index (κ1) is 42.3. The minimum Gasteiger partial charge on any atom is -0.444 e. The molecule has 3 amide bonds. The molecular formula is C38H62N4O4. The van der Waals surface area contributed by atoms with E-state index in [9.17, 15) is 14.4 Å². The fourth-order valence-electron chi connectivity index (χ4n) is 3.85. The molecule has 0 unspecified atom stereocenters. The molecule has 0 radical (unpaired) electrons. The molecule has 0 saturated heterocycles.